The van der Waals surface area contributed by atoms with Crippen molar-refractivity contribution in [3.63, 3.8) is 0 Å². The highest BCUT2D eigenvalue weighted by Gasteiger charge is 2.28. The molecule has 2 aliphatic heterocycles. The van der Waals surface area contributed by atoms with Crippen LogP contribution in [0.25, 0.3) is 0 Å². The standard InChI is InChI=1S/C21H28N4O2/c1-16-6-10-25(11-7-16)21(26)20-12-19(23-27-20)18-5-3-9-24(15-18)14-17-4-2-8-22-13-17/h2,4,8,12-13,16,18H,3,5-7,9-11,14-15H2,1H3/t18-/m0/s1. The first-order valence-corrected chi connectivity index (χ1v) is 10.1. The molecule has 0 saturated carbocycles. The predicted octanol–water partition coefficient (Wildman–Crippen LogP) is 3.32. The number of carbonyl (C=O) groups is 1. The smallest absolute Gasteiger partial charge is 0.292 e. The minimum Gasteiger partial charge on any atom is -0.351 e. The SMILES string of the molecule is CC1CCN(C(=O)c2cc([C@H]3CCCN(Cc4cccnc4)C3)no2)CC1. The molecular weight excluding hydrogens is 340 g/mol. The van der Waals surface area contributed by atoms with Crippen molar-refractivity contribution in [2.24, 2.45) is 5.92 Å². The fraction of sp³-hybridized carbons (Fsp3) is 0.571. The van der Waals surface area contributed by atoms with Crippen molar-refractivity contribution in [2.45, 2.75) is 45.1 Å². The van der Waals surface area contributed by atoms with Gasteiger partial charge in [-0.25, -0.2) is 0 Å². The van der Waals surface area contributed by atoms with Crippen molar-refractivity contribution in [3.05, 3.63) is 47.6 Å². The Labute approximate surface area is 160 Å². The fourth-order valence-electron chi connectivity index (χ4n) is 4.14. The van der Waals surface area contributed by atoms with Gasteiger partial charge in [0.05, 0.1) is 5.69 Å². The quantitative estimate of drug-likeness (QED) is 0.828. The molecule has 4 rings (SSSR count). The molecule has 0 aromatic carbocycles. The highest BCUT2D eigenvalue weighted by molar-refractivity contribution is 5.91. The van der Waals surface area contributed by atoms with Crippen LogP contribution in [0.3, 0.4) is 0 Å². The van der Waals surface area contributed by atoms with Gasteiger partial charge in [0.1, 0.15) is 0 Å². The maximum atomic E-state index is 12.7. The first kappa shape index (κ1) is 18.2. The van der Waals surface area contributed by atoms with E-state index in [2.05, 4.69) is 28.0 Å². The van der Waals surface area contributed by atoms with Gasteiger partial charge in [-0.3, -0.25) is 14.7 Å². The molecule has 6 nitrogen and oxygen atoms in total. The van der Waals surface area contributed by atoms with Crippen LogP contribution in [-0.4, -0.2) is 52.0 Å². The van der Waals surface area contributed by atoms with Gasteiger partial charge < -0.3 is 9.42 Å². The summed E-state index contributed by atoms with van der Waals surface area (Å²) in [5.41, 5.74) is 2.15. The Morgan fingerprint density at radius 3 is 2.89 bits per heavy atom. The zero-order valence-electron chi connectivity index (χ0n) is 16.0. The summed E-state index contributed by atoms with van der Waals surface area (Å²) in [6, 6.07) is 5.97. The highest BCUT2D eigenvalue weighted by atomic mass is 16.5. The van der Waals surface area contributed by atoms with E-state index in [1.165, 1.54) is 5.56 Å². The van der Waals surface area contributed by atoms with Gasteiger partial charge >= 0.3 is 0 Å². The molecule has 2 aromatic rings. The van der Waals surface area contributed by atoms with E-state index in [1.807, 2.05) is 23.2 Å². The van der Waals surface area contributed by atoms with Crippen molar-refractivity contribution in [3.8, 4) is 0 Å². The van der Waals surface area contributed by atoms with Crippen molar-refractivity contribution in [1.29, 1.82) is 0 Å². The zero-order chi connectivity index (χ0) is 18.6. The summed E-state index contributed by atoms with van der Waals surface area (Å²) in [5.74, 6) is 1.40. The monoisotopic (exact) mass is 368 g/mol. The molecule has 0 N–H and O–H groups in total. The molecule has 2 saturated heterocycles. The number of likely N-dealkylation sites (tertiary alicyclic amines) is 2. The molecule has 0 unspecified atom stereocenters. The average Bonchev–Trinajstić information content (AvgIpc) is 3.19. The van der Waals surface area contributed by atoms with Gasteiger partial charge in [0.2, 0.25) is 5.76 Å². The first-order chi connectivity index (χ1) is 13.2. The molecule has 4 heterocycles. The Morgan fingerprint density at radius 2 is 2.11 bits per heavy atom. The van der Waals surface area contributed by atoms with Crippen molar-refractivity contribution >= 4 is 5.91 Å². The van der Waals surface area contributed by atoms with Crippen LogP contribution < -0.4 is 0 Å². The number of nitrogens with zero attached hydrogens (tertiary/aromatic N) is 4. The van der Waals surface area contributed by atoms with Gasteiger partial charge in [-0.05, 0) is 49.8 Å². The molecule has 2 aliphatic rings. The van der Waals surface area contributed by atoms with Gasteiger partial charge in [0.15, 0.2) is 0 Å². The summed E-state index contributed by atoms with van der Waals surface area (Å²) in [5, 5.41) is 4.25. The van der Waals surface area contributed by atoms with Gasteiger partial charge in [-0.1, -0.05) is 18.1 Å². The second-order valence-electron chi connectivity index (χ2n) is 8.03. The molecule has 27 heavy (non-hydrogen) atoms. The highest BCUT2D eigenvalue weighted by Crippen LogP contribution is 2.28. The second kappa shape index (κ2) is 8.21. The number of pyridine rings is 1. The van der Waals surface area contributed by atoms with Crippen LogP contribution >= 0.6 is 0 Å². The van der Waals surface area contributed by atoms with Gasteiger partial charge in [-0.15, -0.1) is 0 Å². The summed E-state index contributed by atoms with van der Waals surface area (Å²) in [6.07, 6.45) is 8.09. The largest absolute Gasteiger partial charge is 0.351 e. The van der Waals surface area contributed by atoms with E-state index in [-0.39, 0.29) is 5.91 Å². The fourth-order valence-corrected chi connectivity index (χ4v) is 4.14. The number of rotatable bonds is 4. The second-order valence-corrected chi connectivity index (χ2v) is 8.03. The van der Waals surface area contributed by atoms with Crippen LogP contribution in [0.5, 0.6) is 0 Å². The Morgan fingerprint density at radius 1 is 1.26 bits per heavy atom. The molecule has 1 atom stereocenters. The zero-order valence-corrected chi connectivity index (χ0v) is 16.0. The number of hydrogen-bond acceptors (Lipinski definition) is 5. The number of amides is 1. The normalized spacial score (nSPS) is 22.1. The summed E-state index contributed by atoms with van der Waals surface area (Å²) in [4.78, 5) is 21.2. The van der Waals surface area contributed by atoms with Crippen LogP contribution in [0.4, 0.5) is 0 Å². The minimum absolute atomic E-state index is 0.0105. The van der Waals surface area contributed by atoms with Crippen LogP contribution in [0.15, 0.2) is 35.1 Å². The van der Waals surface area contributed by atoms with Crippen LogP contribution in [0, 0.1) is 5.92 Å². The minimum atomic E-state index is -0.0105. The summed E-state index contributed by atoms with van der Waals surface area (Å²) in [7, 11) is 0. The van der Waals surface area contributed by atoms with E-state index in [0.29, 0.717) is 17.6 Å². The third kappa shape index (κ3) is 4.38. The lowest BCUT2D eigenvalue weighted by molar-refractivity contribution is 0.0655. The maximum absolute atomic E-state index is 12.7. The Kier molecular flexibility index (Phi) is 5.53. The van der Waals surface area contributed by atoms with E-state index in [4.69, 9.17) is 4.52 Å². The number of hydrogen-bond donors (Lipinski definition) is 0. The van der Waals surface area contributed by atoms with E-state index in [1.54, 1.807) is 6.20 Å². The van der Waals surface area contributed by atoms with E-state index >= 15 is 0 Å². The molecule has 1 amide bonds. The molecule has 0 bridgehead atoms. The molecule has 2 aromatic heterocycles. The lowest BCUT2D eigenvalue weighted by Gasteiger charge is -2.31. The lowest BCUT2D eigenvalue weighted by Crippen LogP contribution is -2.37. The molecule has 0 radical (unpaired) electrons. The van der Waals surface area contributed by atoms with Crippen molar-refractivity contribution in [2.75, 3.05) is 26.2 Å². The van der Waals surface area contributed by atoms with Gasteiger partial charge in [-0.2, -0.15) is 0 Å². The van der Waals surface area contributed by atoms with Gasteiger partial charge in [0, 0.05) is 50.6 Å². The summed E-state index contributed by atoms with van der Waals surface area (Å²) in [6.45, 7) is 6.81. The van der Waals surface area contributed by atoms with E-state index in [0.717, 1.165) is 64.1 Å². The molecule has 6 heteroatoms. The number of carbonyl (C=O) groups excluding carboxylic acids is 1. The third-order valence-corrected chi connectivity index (χ3v) is 5.86. The van der Waals surface area contributed by atoms with Gasteiger partial charge in [0.25, 0.3) is 5.91 Å². The average molecular weight is 368 g/mol. The lowest BCUT2D eigenvalue weighted by atomic mass is 9.94. The topological polar surface area (TPSA) is 62.5 Å². The number of aromatic nitrogens is 2. The Balaban J connectivity index is 1.38. The van der Waals surface area contributed by atoms with E-state index < -0.39 is 0 Å². The van der Waals surface area contributed by atoms with Crippen molar-refractivity contribution < 1.29 is 9.32 Å². The summed E-state index contributed by atoms with van der Waals surface area (Å²) >= 11 is 0. The van der Waals surface area contributed by atoms with Crippen molar-refractivity contribution in [1.82, 2.24) is 19.9 Å². The molecular formula is C21H28N4O2. The molecule has 0 aliphatic carbocycles. The predicted molar refractivity (Wildman–Crippen MR) is 102 cm³/mol. The molecule has 2 fully saturated rings. The Hall–Kier alpha value is -2.21. The van der Waals surface area contributed by atoms with Crippen LogP contribution in [0.1, 0.15) is 60.3 Å². The van der Waals surface area contributed by atoms with E-state index in [9.17, 15) is 4.79 Å². The summed E-state index contributed by atoms with van der Waals surface area (Å²) < 4.78 is 5.44. The molecule has 144 valence electrons. The maximum Gasteiger partial charge on any atom is 0.292 e. The Bertz CT molecular complexity index is 753. The third-order valence-electron chi connectivity index (χ3n) is 5.86. The number of piperidine rings is 2. The van der Waals surface area contributed by atoms with Crippen LogP contribution in [0.2, 0.25) is 0 Å². The molecule has 0 spiro atoms. The first-order valence-electron chi connectivity index (χ1n) is 10.1. The van der Waals surface area contributed by atoms with Crippen LogP contribution in [-0.2, 0) is 6.54 Å².